The van der Waals surface area contributed by atoms with Gasteiger partial charge in [-0.1, -0.05) is 0 Å². The predicted molar refractivity (Wildman–Crippen MR) is 55.6 cm³/mol. The minimum Gasteiger partial charge on any atom is -0.507 e. The van der Waals surface area contributed by atoms with E-state index in [0.29, 0.717) is 0 Å². The first-order valence-electron chi connectivity index (χ1n) is 4.53. The summed E-state index contributed by atoms with van der Waals surface area (Å²) in [4.78, 5) is 10.8. The highest BCUT2D eigenvalue weighted by molar-refractivity contribution is 5.91. The Hall–Kier alpha value is -1.79. The lowest BCUT2D eigenvalue weighted by Gasteiger charge is -2.14. The molecule has 0 fully saturated rings. The summed E-state index contributed by atoms with van der Waals surface area (Å²) >= 11 is 0. The zero-order chi connectivity index (χ0) is 12.3. The Bertz CT molecular complexity index is 404. The Morgan fingerprint density at radius 2 is 2.19 bits per heavy atom. The van der Waals surface area contributed by atoms with E-state index in [1.807, 2.05) is 0 Å². The van der Waals surface area contributed by atoms with E-state index in [9.17, 15) is 15.0 Å². The number of benzene rings is 1. The monoisotopic (exact) mass is 227 g/mol. The molecule has 1 atom stereocenters. The fourth-order valence-electron chi connectivity index (χ4n) is 1.32. The standard InChI is InChI=1S/C10H13NO5/c1-16-9-3-7(12)6(10(14)15)2-5(9)8(13)4-11/h2-3,8,12-13H,4,11H2,1H3,(H,14,15). The van der Waals surface area contributed by atoms with Crippen molar-refractivity contribution in [3.63, 3.8) is 0 Å². The molecule has 6 nitrogen and oxygen atoms in total. The minimum absolute atomic E-state index is 0.0693. The first-order chi connectivity index (χ1) is 7.51. The average molecular weight is 227 g/mol. The second kappa shape index (κ2) is 4.82. The van der Waals surface area contributed by atoms with Gasteiger partial charge in [0.15, 0.2) is 0 Å². The molecule has 1 aromatic rings. The van der Waals surface area contributed by atoms with Crippen LogP contribution in [-0.4, -0.2) is 34.9 Å². The van der Waals surface area contributed by atoms with Crippen molar-refractivity contribution in [1.29, 1.82) is 0 Å². The van der Waals surface area contributed by atoms with Crippen molar-refractivity contribution in [2.24, 2.45) is 5.73 Å². The van der Waals surface area contributed by atoms with Crippen LogP contribution in [0.5, 0.6) is 11.5 Å². The molecule has 88 valence electrons. The van der Waals surface area contributed by atoms with Gasteiger partial charge in [0.05, 0.1) is 13.2 Å². The summed E-state index contributed by atoms with van der Waals surface area (Å²) < 4.78 is 4.92. The van der Waals surface area contributed by atoms with E-state index in [0.717, 1.165) is 12.1 Å². The summed E-state index contributed by atoms with van der Waals surface area (Å²) in [5.74, 6) is -1.51. The van der Waals surface area contributed by atoms with Gasteiger partial charge in [-0.25, -0.2) is 4.79 Å². The molecule has 0 aliphatic rings. The van der Waals surface area contributed by atoms with Crippen LogP contribution < -0.4 is 10.5 Å². The molecule has 1 rings (SSSR count). The molecule has 0 saturated carbocycles. The smallest absolute Gasteiger partial charge is 0.339 e. The van der Waals surface area contributed by atoms with Crippen LogP contribution in [0.3, 0.4) is 0 Å². The second-order valence-electron chi connectivity index (χ2n) is 3.17. The molecule has 16 heavy (non-hydrogen) atoms. The topological polar surface area (TPSA) is 113 Å². The van der Waals surface area contributed by atoms with Gasteiger partial charge >= 0.3 is 5.97 Å². The van der Waals surface area contributed by atoms with Crippen molar-refractivity contribution in [3.8, 4) is 11.5 Å². The number of hydrogen-bond acceptors (Lipinski definition) is 5. The maximum atomic E-state index is 10.8. The number of aliphatic hydroxyl groups is 1. The Balaban J connectivity index is 3.34. The Morgan fingerprint density at radius 3 is 2.62 bits per heavy atom. The Labute approximate surface area is 91.9 Å². The third-order valence-corrected chi connectivity index (χ3v) is 2.16. The van der Waals surface area contributed by atoms with Gasteiger partial charge in [-0.3, -0.25) is 0 Å². The third kappa shape index (κ3) is 2.23. The number of hydrogen-bond donors (Lipinski definition) is 4. The third-order valence-electron chi connectivity index (χ3n) is 2.16. The molecule has 0 aromatic heterocycles. The van der Waals surface area contributed by atoms with E-state index in [1.165, 1.54) is 7.11 Å². The number of carboxylic acid groups (broad SMARTS) is 1. The molecular formula is C10H13NO5. The first kappa shape index (κ1) is 12.3. The first-order valence-corrected chi connectivity index (χ1v) is 4.53. The predicted octanol–water partition coefficient (Wildman–Crippen LogP) is 0.0911. The zero-order valence-electron chi connectivity index (χ0n) is 8.67. The molecule has 0 aliphatic heterocycles. The van der Waals surface area contributed by atoms with Gasteiger partial charge in [-0.2, -0.15) is 0 Å². The summed E-state index contributed by atoms with van der Waals surface area (Å²) in [7, 11) is 1.35. The number of aromatic carboxylic acids is 1. The van der Waals surface area contributed by atoms with E-state index in [4.69, 9.17) is 15.6 Å². The van der Waals surface area contributed by atoms with Crippen LogP contribution in [0.25, 0.3) is 0 Å². The molecular weight excluding hydrogens is 214 g/mol. The highest BCUT2D eigenvalue weighted by Gasteiger charge is 2.18. The fourth-order valence-corrected chi connectivity index (χ4v) is 1.32. The summed E-state index contributed by atoms with van der Waals surface area (Å²) in [5.41, 5.74) is 5.21. The van der Waals surface area contributed by atoms with Crippen molar-refractivity contribution >= 4 is 5.97 Å². The number of ether oxygens (including phenoxy) is 1. The Morgan fingerprint density at radius 1 is 1.56 bits per heavy atom. The van der Waals surface area contributed by atoms with Gasteiger partial charge in [0.25, 0.3) is 0 Å². The summed E-state index contributed by atoms with van der Waals surface area (Å²) in [6, 6.07) is 2.28. The Kier molecular flexibility index (Phi) is 3.70. The van der Waals surface area contributed by atoms with Gasteiger partial charge in [0.2, 0.25) is 0 Å². The summed E-state index contributed by atoms with van der Waals surface area (Å²) in [6.45, 7) is -0.0693. The fraction of sp³-hybridized carbons (Fsp3) is 0.300. The average Bonchev–Trinajstić information content (AvgIpc) is 2.27. The quantitative estimate of drug-likeness (QED) is 0.579. The maximum absolute atomic E-state index is 10.8. The van der Waals surface area contributed by atoms with Crippen LogP contribution in [0.15, 0.2) is 12.1 Å². The van der Waals surface area contributed by atoms with Gasteiger partial charge in [0.1, 0.15) is 17.1 Å². The lowest BCUT2D eigenvalue weighted by molar-refractivity contribution is 0.0693. The molecule has 0 aliphatic carbocycles. The van der Waals surface area contributed by atoms with E-state index < -0.39 is 17.8 Å². The van der Waals surface area contributed by atoms with Crippen LogP contribution in [0.4, 0.5) is 0 Å². The van der Waals surface area contributed by atoms with Crippen molar-refractivity contribution in [2.75, 3.05) is 13.7 Å². The van der Waals surface area contributed by atoms with Crippen molar-refractivity contribution in [3.05, 3.63) is 23.3 Å². The number of carboxylic acids is 1. The molecule has 5 N–H and O–H groups in total. The van der Waals surface area contributed by atoms with Crippen molar-refractivity contribution in [2.45, 2.75) is 6.10 Å². The van der Waals surface area contributed by atoms with Crippen LogP contribution in [0.2, 0.25) is 0 Å². The minimum atomic E-state index is -1.29. The SMILES string of the molecule is COc1cc(O)c(C(=O)O)cc1C(O)CN. The van der Waals surface area contributed by atoms with E-state index >= 15 is 0 Å². The van der Waals surface area contributed by atoms with Gasteiger partial charge in [0, 0.05) is 18.2 Å². The molecule has 1 aromatic carbocycles. The maximum Gasteiger partial charge on any atom is 0.339 e. The van der Waals surface area contributed by atoms with Crippen LogP contribution in [0.1, 0.15) is 22.0 Å². The molecule has 1 unspecified atom stereocenters. The molecule has 0 radical (unpaired) electrons. The zero-order valence-corrected chi connectivity index (χ0v) is 8.67. The highest BCUT2D eigenvalue weighted by atomic mass is 16.5. The largest absolute Gasteiger partial charge is 0.507 e. The van der Waals surface area contributed by atoms with Gasteiger partial charge in [-0.05, 0) is 6.07 Å². The number of aliphatic hydroxyl groups excluding tert-OH is 1. The molecule has 0 bridgehead atoms. The van der Waals surface area contributed by atoms with Gasteiger partial charge in [-0.15, -0.1) is 0 Å². The van der Waals surface area contributed by atoms with Gasteiger partial charge < -0.3 is 25.8 Å². The van der Waals surface area contributed by atoms with Crippen LogP contribution in [-0.2, 0) is 0 Å². The van der Waals surface area contributed by atoms with Crippen LogP contribution in [0, 0.1) is 0 Å². The van der Waals surface area contributed by atoms with Crippen molar-refractivity contribution in [1.82, 2.24) is 0 Å². The summed E-state index contributed by atoms with van der Waals surface area (Å²) in [6.07, 6.45) is -1.03. The molecule has 0 saturated heterocycles. The van der Waals surface area contributed by atoms with E-state index in [-0.39, 0.29) is 23.4 Å². The lowest BCUT2D eigenvalue weighted by atomic mass is 10.0. The number of phenols is 1. The lowest BCUT2D eigenvalue weighted by Crippen LogP contribution is -2.13. The molecule has 6 heteroatoms. The molecule has 0 amide bonds. The number of carbonyl (C=O) groups is 1. The normalized spacial score (nSPS) is 12.2. The van der Waals surface area contributed by atoms with E-state index in [2.05, 4.69) is 0 Å². The second-order valence-corrected chi connectivity index (χ2v) is 3.17. The highest BCUT2D eigenvalue weighted by Crippen LogP contribution is 2.31. The molecule has 0 spiro atoms. The number of aromatic hydroxyl groups is 1. The van der Waals surface area contributed by atoms with Crippen molar-refractivity contribution < 1.29 is 24.9 Å². The summed E-state index contributed by atoms with van der Waals surface area (Å²) in [5, 5.41) is 27.8. The number of nitrogens with two attached hydrogens (primary N) is 1. The number of methoxy groups -OCH3 is 1. The van der Waals surface area contributed by atoms with E-state index in [1.54, 1.807) is 0 Å². The number of rotatable bonds is 4. The van der Waals surface area contributed by atoms with Crippen LogP contribution >= 0.6 is 0 Å². The molecule has 0 heterocycles.